The maximum absolute atomic E-state index is 12.1. The third kappa shape index (κ3) is 6.07. The van der Waals surface area contributed by atoms with Crippen molar-refractivity contribution in [3.8, 4) is 5.75 Å². The number of carboxylic acids is 1. The molecule has 0 aromatic heterocycles. The Morgan fingerprint density at radius 2 is 1.44 bits per heavy atom. The van der Waals surface area contributed by atoms with Crippen LogP contribution in [0.1, 0.15) is 65.3 Å². The molecular formula is C21H24O4. The fourth-order valence-electron chi connectivity index (χ4n) is 2.57. The van der Waals surface area contributed by atoms with Gasteiger partial charge in [-0.15, -0.1) is 0 Å². The fourth-order valence-corrected chi connectivity index (χ4v) is 2.57. The first kappa shape index (κ1) is 18.7. The van der Waals surface area contributed by atoms with E-state index in [4.69, 9.17) is 9.84 Å². The number of hydrogen-bond acceptors (Lipinski definition) is 3. The summed E-state index contributed by atoms with van der Waals surface area (Å²) in [4.78, 5) is 22.9. The summed E-state index contributed by atoms with van der Waals surface area (Å²) >= 11 is 0. The molecule has 0 aliphatic carbocycles. The lowest BCUT2D eigenvalue weighted by atomic mass is 10.0. The summed E-state index contributed by atoms with van der Waals surface area (Å²) in [6.07, 6.45) is 7.25. The lowest BCUT2D eigenvalue weighted by molar-refractivity contribution is 0.0696. The largest absolute Gasteiger partial charge is 0.478 e. The molecule has 132 valence electrons. The molecule has 4 nitrogen and oxygen atoms in total. The Balaban J connectivity index is 1.86. The molecule has 0 saturated heterocycles. The van der Waals surface area contributed by atoms with Gasteiger partial charge >= 0.3 is 11.9 Å². The van der Waals surface area contributed by atoms with E-state index in [0.29, 0.717) is 11.3 Å². The molecule has 1 N–H and O–H groups in total. The summed E-state index contributed by atoms with van der Waals surface area (Å²) in [6.45, 7) is 2.21. The van der Waals surface area contributed by atoms with Gasteiger partial charge in [-0.2, -0.15) is 0 Å². The zero-order valence-corrected chi connectivity index (χ0v) is 14.5. The van der Waals surface area contributed by atoms with Crippen LogP contribution in [0.4, 0.5) is 0 Å². The summed E-state index contributed by atoms with van der Waals surface area (Å²) in [5.74, 6) is -1.13. The van der Waals surface area contributed by atoms with Crippen molar-refractivity contribution < 1.29 is 19.4 Å². The van der Waals surface area contributed by atoms with Crippen LogP contribution in [0.5, 0.6) is 5.75 Å². The number of esters is 1. The number of carboxylic acid groups (broad SMARTS) is 1. The number of rotatable bonds is 9. The SMILES string of the molecule is CCCCCCCc1ccc(C(=O)Oc2ccc(C(=O)O)cc2)cc1. The van der Waals surface area contributed by atoms with Crippen LogP contribution < -0.4 is 4.74 Å². The van der Waals surface area contributed by atoms with Gasteiger partial charge in [-0.05, 0) is 54.8 Å². The maximum Gasteiger partial charge on any atom is 0.343 e. The van der Waals surface area contributed by atoms with Crippen LogP contribution in [0, 0.1) is 0 Å². The Kier molecular flexibility index (Phi) is 7.20. The topological polar surface area (TPSA) is 63.6 Å². The lowest BCUT2D eigenvalue weighted by Crippen LogP contribution is -2.08. The zero-order valence-electron chi connectivity index (χ0n) is 14.5. The number of benzene rings is 2. The van der Waals surface area contributed by atoms with Crippen molar-refractivity contribution in [1.29, 1.82) is 0 Å². The number of unbranched alkanes of at least 4 members (excludes halogenated alkanes) is 4. The first-order chi connectivity index (χ1) is 12.1. The molecule has 0 radical (unpaired) electrons. The van der Waals surface area contributed by atoms with Crippen molar-refractivity contribution in [2.24, 2.45) is 0 Å². The highest BCUT2D eigenvalue weighted by molar-refractivity contribution is 5.91. The Hall–Kier alpha value is -2.62. The van der Waals surface area contributed by atoms with Gasteiger partial charge in [0.05, 0.1) is 11.1 Å². The molecule has 0 bridgehead atoms. The summed E-state index contributed by atoms with van der Waals surface area (Å²) in [6, 6.07) is 13.2. The molecular weight excluding hydrogens is 316 g/mol. The number of ether oxygens (including phenoxy) is 1. The molecule has 2 rings (SSSR count). The van der Waals surface area contributed by atoms with Crippen molar-refractivity contribution in [1.82, 2.24) is 0 Å². The van der Waals surface area contributed by atoms with Crippen molar-refractivity contribution in [3.63, 3.8) is 0 Å². The maximum atomic E-state index is 12.1. The molecule has 0 aliphatic rings. The minimum absolute atomic E-state index is 0.156. The Morgan fingerprint density at radius 3 is 2.04 bits per heavy atom. The minimum atomic E-state index is -1.01. The number of carbonyl (C=O) groups excluding carboxylic acids is 1. The van der Waals surface area contributed by atoms with E-state index in [1.807, 2.05) is 12.1 Å². The van der Waals surface area contributed by atoms with Gasteiger partial charge in [0.1, 0.15) is 5.75 Å². The smallest absolute Gasteiger partial charge is 0.343 e. The quantitative estimate of drug-likeness (QED) is 0.391. The van der Waals surface area contributed by atoms with E-state index in [2.05, 4.69) is 6.92 Å². The second kappa shape index (κ2) is 9.62. The van der Waals surface area contributed by atoms with Crippen LogP contribution in [0.15, 0.2) is 48.5 Å². The predicted molar refractivity (Wildman–Crippen MR) is 97.3 cm³/mol. The van der Waals surface area contributed by atoms with Crippen LogP contribution in [0.3, 0.4) is 0 Å². The number of carbonyl (C=O) groups is 2. The summed E-state index contributed by atoms with van der Waals surface area (Å²) in [7, 11) is 0. The van der Waals surface area contributed by atoms with Gasteiger partial charge in [0, 0.05) is 0 Å². The molecule has 0 fully saturated rings. The van der Waals surface area contributed by atoms with Crippen LogP contribution in [0.2, 0.25) is 0 Å². The van der Waals surface area contributed by atoms with E-state index >= 15 is 0 Å². The number of aryl methyl sites for hydroxylation is 1. The van der Waals surface area contributed by atoms with Crippen molar-refractivity contribution >= 4 is 11.9 Å². The normalized spacial score (nSPS) is 10.4. The van der Waals surface area contributed by atoms with Crippen molar-refractivity contribution in [2.75, 3.05) is 0 Å². The molecule has 25 heavy (non-hydrogen) atoms. The van der Waals surface area contributed by atoms with E-state index in [1.165, 1.54) is 61.9 Å². The predicted octanol–water partition coefficient (Wildman–Crippen LogP) is 5.12. The fraction of sp³-hybridized carbons (Fsp3) is 0.333. The van der Waals surface area contributed by atoms with E-state index in [-0.39, 0.29) is 5.56 Å². The molecule has 2 aromatic carbocycles. The van der Waals surface area contributed by atoms with Gasteiger partial charge in [0.25, 0.3) is 0 Å². The van der Waals surface area contributed by atoms with Gasteiger partial charge in [-0.1, -0.05) is 44.7 Å². The average Bonchev–Trinajstić information content (AvgIpc) is 2.62. The van der Waals surface area contributed by atoms with Crippen LogP contribution >= 0.6 is 0 Å². The molecule has 0 amide bonds. The van der Waals surface area contributed by atoms with Crippen LogP contribution in [-0.4, -0.2) is 17.0 Å². The molecule has 0 spiro atoms. The van der Waals surface area contributed by atoms with E-state index < -0.39 is 11.9 Å². The molecule has 0 aliphatic heterocycles. The highest BCUT2D eigenvalue weighted by atomic mass is 16.5. The molecule has 0 atom stereocenters. The summed E-state index contributed by atoms with van der Waals surface area (Å²) in [5, 5.41) is 8.86. The van der Waals surface area contributed by atoms with Gasteiger partial charge in [0.2, 0.25) is 0 Å². The van der Waals surface area contributed by atoms with Gasteiger partial charge in [-0.3, -0.25) is 0 Å². The molecule has 0 unspecified atom stereocenters. The Labute approximate surface area is 148 Å². The first-order valence-corrected chi connectivity index (χ1v) is 8.74. The average molecular weight is 340 g/mol. The molecule has 0 saturated carbocycles. The third-order valence-electron chi connectivity index (χ3n) is 4.07. The first-order valence-electron chi connectivity index (χ1n) is 8.74. The van der Waals surface area contributed by atoms with Gasteiger partial charge < -0.3 is 9.84 Å². The second-order valence-corrected chi connectivity index (χ2v) is 6.08. The minimum Gasteiger partial charge on any atom is -0.478 e. The van der Waals surface area contributed by atoms with E-state index in [9.17, 15) is 9.59 Å². The van der Waals surface area contributed by atoms with E-state index in [0.717, 1.165) is 6.42 Å². The van der Waals surface area contributed by atoms with Crippen LogP contribution in [-0.2, 0) is 6.42 Å². The molecule has 0 heterocycles. The molecule has 4 heteroatoms. The number of hydrogen-bond donors (Lipinski definition) is 1. The summed E-state index contributed by atoms with van der Waals surface area (Å²) in [5.41, 5.74) is 1.86. The second-order valence-electron chi connectivity index (χ2n) is 6.08. The van der Waals surface area contributed by atoms with Gasteiger partial charge in [-0.25, -0.2) is 9.59 Å². The van der Waals surface area contributed by atoms with Crippen molar-refractivity contribution in [2.45, 2.75) is 45.4 Å². The Morgan fingerprint density at radius 1 is 0.840 bits per heavy atom. The Bertz CT molecular complexity index is 687. The standard InChI is InChI=1S/C21H24O4/c1-2-3-4-5-6-7-16-8-10-18(11-9-16)21(24)25-19-14-12-17(13-15-19)20(22)23/h8-15H,2-7H2,1H3,(H,22,23). The molecule has 2 aromatic rings. The monoisotopic (exact) mass is 340 g/mol. The van der Waals surface area contributed by atoms with E-state index in [1.54, 1.807) is 12.1 Å². The number of aromatic carboxylic acids is 1. The highest BCUT2D eigenvalue weighted by Crippen LogP contribution is 2.16. The zero-order chi connectivity index (χ0) is 18.1. The van der Waals surface area contributed by atoms with Crippen LogP contribution in [0.25, 0.3) is 0 Å². The highest BCUT2D eigenvalue weighted by Gasteiger charge is 2.09. The van der Waals surface area contributed by atoms with Crippen molar-refractivity contribution in [3.05, 3.63) is 65.2 Å². The summed E-state index contributed by atoms with van der Waals surface area (Å²) < 4.78 is 5.27. The lowest BCUT2D eigenvalue weighted by Gasteiger charge is -2.06. The third-order valence-corrected chi connectivity index (χ3v) is 4.07. The van der Waals surface area contributed by atoms with Gasteiger partial charge in [0.15, 0.2) is 0 Å².